The van der Waals surface area contributed by atoms with Crippen LogP contribution in [-0.2, 0) is 16.0 Å². The van der Waals surface area contributed by atoms with Crippen molar-refractivity contribution in [1.29, 1.82) is 0 Å². The number of methoxy groups -OCH3 is 1. The van der Waals surface area contributed by atoms with Crippen molar-refractivity contribution < 1.29 is 14.3 Å². The zero-order valence-corrected chi connectivity index (χ0v) is 14.8. The molecule has 0 aliphatic rings. The van der Waals surface area contributed by atoms with Gasteiger partial charge in [-0.15, -0.1) is 0 Å². The summed E-state index contributed by atoms with van der Waals surface area (Å²) in [7, 11) is 1.34. The third kappa shape index (κ3) is 6.12. The Balaban J connectivity index is 1.72. The number of anilines is 1. The van der Waals surface area contributed by atoms with Crippen LogP contribution in [0.5, 0.6) is 0 Å². The molecule has 5 nitrogen and oxygen atoms in total. The van der Waals surface area contributed by atoms with E-state index in [4.69, 9.17) is 16.3 Å². The summed E-state index contributed by atoms with van der Waals surface area (Å²) in [4.78, 5) is 23.6. The molecule has 0 saturated heterocycles. The highest BCUT2D eigenvalue weighted by molar-refractivity contribution is 6.30. The van der Waals surface area contributed by atoms with Crippen LogP contribution in [0.1, 0.15) is 22.3 Å². The summed E-state index contributed by atoms with van der Waals surface area (Å²) in [6, 6.07) is 14.6. The van der Waals surface area contributed by atoms with Gasteiger partial charge in [0.05, 0.1) is 12.7 Å². The van der Waals surface area contributed by atoms with E-state index in [1.807, 2.05) is 30.3 Å². The molecule has 0 radical (unpaired) electrons. The SMILES string of the molecule is COC(=O)c1ccccc1NCCC(=O)NCCc1ccc(Cl)cc1. The monoisotopic (exact) mass is 360 g/mol. The minimum atomic E-state index is -0.407. The Morgan fingerprint density at radius 1 is 1.04 bits per heavy atom. The van der Waals surface area contributed by atoms with Crippen LogP contribution in [0.25, 0.3) is 0 Å². The van der Waals surface area contributed by atoms with E-state index in [2.05, 4.69) is 10.6 Å². The number of carbonyl (C=O) groups excluding carboxylic acids is 2. The minimum Gasteiger partial charge on any atom is -0.465 e. The Hall–Kier alpha value is -2.53. The van der Waals surface area contributed by atoms with Gasteiger partial charge in [0.15, 0.2) is 0 Å². The van der Waals surface area contributed by atoms with Crippen molar-refractivity contribution in [1.82, 2.24) is 5.32 Å². The van der Waals surface area contributed by atoms with Gasteiger partial charge in [0, 0.05) is 30.2 Å². The van der Waals surface area contributed by atoms with E-state index in [1.165, 1.54) is 7.11 Å². The lowest BCUT2D eigenvalue weighted by atomic mass is 10.1. The molecule has 2 N–H and O–H groups in total. The average molecular weight is 361 g/mol. The van der Waals surface area contributed by atoms with Gasteiger partial charge in [-0.1, -0.05) is 35.9 Å². The first-order valence-electron chi connectivity index (χ1n) is 8.02. The number of halogens is 1. The standard InChI is InChI=1S/C19H21ClN2O3/c1-25-19(24)16-4-2-3-5-17(16)21-13-11-18(23)22-12-10-14-6-8-15(20)9-7-14/h2-9,21H,10-13H2,1H3,(H,22,23). The molecule has 0 bridgehead atoms. The molecule has 0 fully saturated rings. The molecule has 132 valence electrons. The highest BCUT2D eigenvalue weighted by Crippen LogP contribution is 2.15. The number of hydrogen-bond acceptors (Lipinski definition) is 4. The van der Waals surface area contributed by atoms with E-state index >= 15 is 0 Å². The van der Waals surface area contributed by atoms with Crippen LogP contribution < -0.4 is 10.6 Å². The normalized spacial score (nSPS) is 10.2. The predicted octanol–water partition coefficient (Wildman–Crippen LogP) is 3.29. The number of para-hydroxylation sites is 1. The van der Waals surface area contributed by atoms with Gasteiger partial charge < -0.3 is 15.4 Å². The maximum absolute atomic E-state index is 11.9. The van der Waals surface area contributed by atoms with Gasteiger partial charge in [-0.25, -0.2) is 4.79 Å². The Bertz CT molecular complexity index is 717. The van der Waals surface area contributed by atoms with E-state index in [0.717, 1.165) is 12.0 Å². The summed E-state index contributed by atoms with van der Waals surface area (Å²) in [6.45, 7) is 1.000. The molecule has 0 aliphatic heterocycles. The van der Waals surface area contributed by atoms with Crippen LogP contribution >= 0.6 is 11.6 Å². The molecular formula is C19H21ClN2O3. The van der Waals surface area contributed by atoms with E-state index in [-0.39, 0.29) is 5.91 Å². The second kappa shape index (κ2) is 9.69. The van der Waals surface area contributed by atoms with Crippen molar-refractivity contribution >= 4 is 29.2 Å². The van der Waals surface area contributed by atoms with Gasteiger partial charge in [0.1, 0.15) is 0 Å². The van der Waals surface area contributed by atoms with Crippen molar-refractivity contribution in [3.63, 3.8) is 0 Å². The van der Waals surface area contributed by atoms with Crippen molar-refractivity contribution in [3.8, 4) is 0 Å². The molecule has 25 heavy (non-hydrogen) atoms. The number of amides is 1. The maximum atomic E-state index is 11.9. The number of nitrogens with one attached hydrogen (secondary N) is 2. The average Bonchev–Trinajstić information content (AvgIpc) is 2.63. The summed E-state index contributed by atoms with van der Waals surface area (Å²) in [5, 5.41) is 6.67. The number of hydrogen-bond donors (Lipinski definition) is 2. The largest absolute Gasteiger partial charge is 0.465 e. The Kier molecular flexibility index (Phi) is 7.29. The first-order chi connectivity index (χ1) is 12.1. The molecule has 0 aromatic heterocycles. The van der Waals surface area contributed by atoms with Crippen molar-refractivity contribution in [2.45, 2.75) is 12.8 Å². The molecule has 0 saturated carbocycles. The summed E-state index contributed by atoms with van der Waals surface area (Å²) < 4.78 is 4.74. The fourth-order valence-corrected chi connectivity index (χ4v) is 2.45. The van der Waals surface area contributed by atoms with E-state index in [9.17, 15) is 9.59 Å². The highest BCUT2D eigenvalue weighted by Gasteiger charge is 2.10. The highest BCUT2D eigenvalue weighted by atomic mass is 35.5. The lowest BCUT2D eigenvalue weighted by Gasteiger charge is -2.10. The molecule has 0 spiro atoms. The fraction of sp³-hybridized carbons (Fsp3) is 0.263. The van der Waals surface area contributed by atoms with E-state index in [0.29, 0.717) is 35.8 Å². The van der Waals surface area contributed by atoms with Crippen molar-refractivity contribution in [2.75, 3.05) is 25.5 Å². The third-order valence-corrected chi connectivity index (χ3v) is 3.90. The van der Waals surface area contributed by atoms with Crippen LogP contribution in [0, 0.1) is 0 Å². The molecule has 2 rings (SSSR count). The smallest absolute Gasteiger partial charge is 0.339 e. The first kappa shape index (κ1) is 18.8. The molecule has 2 aromatic rings. The molecule has 0 unspecified atom stereocenters. The summed E-state index contributed by atoms with van der Waals surface area (Å²) in [6.07, 6.45) is 1.07. The third-order valence-electron chi connectivity index (χ3n) is 3.65. The summed E-state index contributed by atoms with van der Waals surface area (Å²) in [5.74, 6) is -0.451. The molecule has 0 atom stereocenters. The predicted molar refractivity (Wildman–Crippen MR) is 99.1 cm³/mol. The lowest BCUT2D eigenvalue weighted by molar-refractivity contribution is -0.120. The quantitative estimate of drug-likeness (QED) is 0.709. The second-order valence-corrected chi connectivity index (χ2v) is 5.88. The molecule has 0 heterocycles. The summed E-state index contributed by atoms with van der Waals surface area (Å²) >= 11 is 5.84. The zero-order chi connectivity index (χ0) is 18.1. The van der Waals surface area contributed by atoms with E-state index < -0.39 is 5.97 Å². The lowest BCUT2D eigenvalue weighted by Crippen LogP contribution is -2.27. The number of benzene rings is 2. The second-order valence-electron chi connectivity index (χ2n) is 5.44. The number of rotatable bonds is 8. The van der Waals surface area contributed by atoms with Crippen molar-refractivity contribution in [2.24, 2.45) is 0 Å². The van der Waals surface area contributed by atoms with Crippen LogP contribution in [0.3, 0.4) is 0 Å². The summed E-state index contributed by atoms with van der Waals surface area (Å²) in [5.41, 5.74) is 2.23. The van der Waals surface area contributed by atoms with Crippen LogP contribution in [0.2, 0.25) is 5.02 Å². The van der Waals surface area contributed by atoms with Gasteiger partial charge in [-0.3, -0.25) is 4.79 Å². The molecule has 1 amide bonds. The van der Waals surface area contributed by atoms with Crippen LogP contribution in [-0.4, -0.2) is 32.1 Å². The Morgan fingerprint density at radius 3 is 2.48 bits per heavy atom. The van der Waals surface area contributed by atoms with Crippen LogP contribution in [0.4, 0.5) is 5.69 Å². The molecule has 6 heteroatoms. The maximum Gasteiger partial charge on any atom is 0.339 e. The molecular weight excluding hydrogens is 340 g/mol. The topological polar surface area (TPSA) is 67.4 Å². The zero-order valence-electron chi connectivity index (χ0n) is 14.0. The molecule has 2 aromatic carbocycles. The molecule has 0 aliphatic carbocycles. The van der Waals surface area contributed by atoms with Gasteiger partial charge in [-0.05, 0) is 36.2 Å². The Morgan fingerprint density at radius 2 is 1.76 bits per heavy atom. The van der Waals surface area contributed by atoms with Gasteiger partial charge in [-0.2, -0.15) is 0 Å². The van der Waals surface area contributed by atoms with E-state index in [1.54, 1.807) is 18.2 Å². The minimum absolute atomic E-state index is 0.0444. The number of esters is 1. The first-order valence-corrected chi connectivity index (χ1v) is 8.40. The van der Waals surface area contributed by atoms with Gasteiger partial charge in [0.2, 0.25) is 5.91 Å². The number of ether oxygens (including phenoxy) is 1. The number of carbonyl (C=O) groups is 2. The fourth-order valence-electron chi connectivity index (χ4n) is 2.32. The van der Waals surface area contributed by atoms with Crippen LogP contribution in [0.15, 0.2) is 48.5 Å². The Labute approximate surface area is 152 Å². The van der Waals surface area contributed by atoms with Crippen molar-refractivity contribution in [3.05, 3.63) is 64.7 Å². The van der Waals surface area contributed by atoms with Gasteiger partial charge in [0.25, 0.3) is 0 Å². The van der Waals surface area contributed by atoms with Gasteiger partial charge >= 0.3 is 5.97 Å².